The molecule has 0 fully saturated rings. The van der Waals surface area contributed by atoms with Gasteiger partial charge in [-0.2, -0.15) is 21.9 Å². The maximum atomic E-state index is 2.32. The predicted molar refractivity (Wildman–Crippen MR) is 114 cm³/mol. The average Bonchev–Trinajstić information content (AvgIpc) is 3.01. The predicted octanol–water partition coefficient (Wildman–Crippen LogP) is 3.35. The molecule has 124 valence electrons. The molecule has 1 heterocycles. The van der Waals surface area contributed by atoms with Crippen LogP contribution in [0.5, 0.6) is 0 Å². The summed E-state index contributed by atoms with van der Waals surface area (Å²) in [5.41, 5.74) is 9.67. The summed E-state index contributed by atoms with van der Waals surface area (Å²) in [5, 5.41) is 0. The van der Waals surface area contributed by atoms with Crippen molar-refractivity contribution in [1.82, 2.24) is 0 Å². The van der Waals surface area contributed by atoms with E-state index in [0.29, 0.717) is 0 Å². The van der Waals surface area contributed by atoms with Crippen LogP contribution in [0.1, 0.15) is 5.56 Å². The van der Waals surface area contributed by atoms with Crippen molar-refractivity contribution in [3.63, 3.8) is 0 Å². The fourth-order valence-corrected chi connectivity index (χ4v) is 4.91. The molecule has 0 saturated heterocycles. The lowest BCUT2D eigenvalue weighted by atomic mass is 9.14. The van der Waals surface area contributed by atoms with E-state index in [9.17, 15) is 0 Å². The first-order valence-corrected chi connectivity index (χ1v) is 9.29. The molecular weight excluding hydrogens is 311 g/mol. The lowest BCUT2D eigenvalue weighted by Gasteiger charge is -2.41. The Morgan fingerprint density at radius 3 is 1.50 bits per heavy atom. The summed E-state index contributed by atoms with van der Waals surface area (Å²) < 4.78 is 0. The molecular formula is C25H20B-. The minimum Gasteiger partial charge on any atom is -0.195 e. The van der Waals surface area contributed by atoms with E-state index in [2.05, 4.69) is 110 Å². The third kappa shape index (κ3) is 1.98. The molecule has 0 aliphatic carbocycles. The quantitative estimate of drug-likeness (QED) is 0.435. The van der Waals surface area contributed by atoms with Crippen molar-refractivity contribution in [2.75, 3.05) is 0 Å². The summed E-state index contributed by atoms with van der Waals surface area (Å²) in [7, 11) is 0. The van der Waals surface area contributed by atoms with Gasteiger partial charge in [-0.25, -0.2) is 0 Å². The maximum Gasteiger partial charge on any atom is 0.109 e. The maximum absolute atomic E-state index is 2.32. The van der Waals surface area contributed by atoms with Gasteiger partial charge in [-0.1, -0.05) is 120 Å². The average molecular weight is 331 g/mol. The Labute approximate surface area is 155 Å². The first-order chi connectivity index (χ1) is 12.8. The number of rotatable bonds is 2. The van der Waals surface area contributed by atoms with E-state index in [0.717, 1.165) is 0 Å². The normalized spacial score (nSPS) is 13.9. The van der Waals surface area contributed by atoms with Crippen LogP contribution >= 0.6 is 0 Å². The molecule has 0 nitrogen and oxygen atoms in total. The summed E-state index contributed by atoms with van der Waals surface area (Å²) in [6, 6.07) is 38.0. The molecule has 0 spiro atoms. The summed E-state index contributed by atoms with van der Waals surface area (Å²) >= 11 is 0. The number of fused-ring (bicyclic) bond motifs is 3. The molecule has 0 amide bonds. The molecule has 0 bridgehead atoms. The van der Waals surface area contributed by atoms with E-state index >= 15 is 0 Å². The van der Waals surface area contributed by atoms with Crippen LogP contribution in [0.2, 0.25) is 0 Å². The molecule has 0 unspecified atom stereocenters. The van der Waals surface area contributed by atoms with Crippen molar-refractivity contribution in [1.29, 1.82) is 0 Å². The first kappa shape index (κ1) is 15.2. The minimum atomic E-state index is -1.16. The number of hydrogen-bond donors (Lipinski definition) is 0. The molecule has 26 heavy (non-hydrogen) atoms. The third-order valence-corrected chi connectivity index (χ3v) is 6.02. The Morgan fingerprint density at radius 1 is 0.462 bits per heavy atom. The van der Waals surface area contributed by atoms with Crippen LogP contribution < -0.4 is 21.9 Å². The van der Waals surface area contributed by atoms with Gasteiger partial charge in [0.1, 0.15) is 6.15 Å². The van der Waals surface area contributed by atoms with E-state index in [1.54, 1.807) is 0 Å². The van der Waals surface area contributed by atoms with E-state index in [1.165, 1.54) is 38.5 Å². The Balaban J connectivity index is 1.96. The zero-order valence-electron chi connectivity index (χ0n) is 14.9. The fourth-order valence-electron chi connectivity index (χ4n) is 4.91. The second-order valence-corrected chi connectivity index (χ2v) is 7.36. The van der Waals surface area contributed by atoms with Crippen molar-refractivity contribution in [2.45, 2.75) is 6.92 Å². The number of hydrogen-bond acceptors (Lipinski definition) is 0. The SMILES string of the molecule is Cc1ccc([B-]2(c3ccccc3)c3ccccc3-c3ccccc32)cc1. The van der Waals surface area contributed by atoms with E-state index < -0.39 is 6.15 Å². The largest absolute Gasteiger partial charge is 0.195 e. The Morgan fingerprint density at radius 2 is 0.923 bits per heavy atom. The van der Waals surface area contributed by atoms with Gasteiger partial charge >= 0.3 is 0 Å². The van der Waals surface area contributed by atoms with Gasteiger partial charge in [0.15, 0.2) is 0 Å². The fraction of sp³-hybridized carbons (Fsp3) is 0.0400. The van der Waals surface area contributed by atoms with Gasteiger partial charge in [-0.3, -0.25) is 0 Å². The van der Waals surface area contributed by atoms with Crippen LogP contribution in [0.4, 0.5) is 0 Å². The van der Waals surface area contributed by atoms with Crippen LogP contribution in [0.25, 0.3) is 11.1 Å². The van der Waals surface area contributed by atoms with Crippen molar-refractivity contribution in [2.24, 2.45) is 0 Å². The Hall–Kier alpha value is -3.06. The van der Waals surface area contributed by atoms with Crippen molar-refractivity contribution in [3.05, 3.63) is 109 Å². The van der Waals surface area contributed by atoms with Crippen LogP contribution in [0.15, 0.2) is 103 Å². The molecule has 0 radical (unpaired) electrons. The number of benzene rings is 4. The lowest BCUT2D eigenvalue weighted by molar-refractivity contribution is 1.49. The van der Waals surface area contributed by atoms with Gasteiger partial charge in [0.05, 0.1) is 0 Å². The van der Waals surface area contributed by atoms with Gasteiger partial charge in [0, 0.05) is 0 Å². The van der Waals surface area contributed by atoms with E-state index in [1.807, 2.05) is 0 Å². The van der Waals surface area contributed by atoms with Gasteiger partial charge in [0.2, 0.25) is 0 Å². The smallest absolute Gasteiger partial charge is 0.109 e. The Bertz CT molecular complexity index is 1030. The molecule has 5 rings (SSSR count). The highest BCUT2D eigenvalue weighted by Crippen LogP contribution is 2.28. The molecule has 1 aliphatic rings. The minimum absolute atomic E-state index is 1.16. The second-order valence-electron chi connectivity index (χ2n) is 7.36. The van der Waals surface area contributed by atoms with Crippen LogP contribution in [0.3, 0.4) is 0 Å². The van der Waals surface area contributed by atoms with Gasteiger partial charge in [-0.15, -0.1) is 0 Å². The second kappa shape index (κ2) is 5.74. The highest BCUT2D eigenvalue weighted by molar-refractivity contribution is 7.22. The zero-order chi connectivity index (χ0) is 17.6. The molecule has 0 N–H and O–H groups in total. The van der Waals surface area contributed by atoms with Gasteiger partial charge < -0.3 is 0 Å². The highest BCUT2D eigenvalue weighted by atomic mass is 14.2. The highest BCUT2D eigenvalue weighted by Gasteiger charge is 2.38. The summed E-state index contributed by atoms with van der Waals surface area (Å²) in [5.74, 6) is 0. The number of aryl methyl sites for hydroxylation is 1. The van der Waals surface area contributed by atoms with Crippen molar-refractivity contribution in [3.8, 4) is 11.1 Å². The van der Waals surface area contributed by atoms with E-state index in [-0.39, 0.29) is 0 Å². The van der Waals surface area contributed by atoms with Crippen LogP contribution in [0, 0.1) is 6.92 Å². The molecule has 0 saturated carbocycles. The van der Waals surface area contributed by atoms with Gasteiger partial charge in [-0.05, 0) is 6.92 Å². The zero-order valence-corrected chi connectivity index (χ0v) is 14.9. The van der Waals surface area contributed by atoms with Crippen LogP contribution in [-0.2, 0) is 0 Å². The molecule has 4 aromatic carbocycles. The van der Waals surface area contributed by atoms with Gasteiger partial charge in [0.25, 0.3) is 0 Å². The topological polar surface area (TPSA) is 0 Å². The van der Waals surface area contributed by atoms with Crippen molar-refractivity contribution < 1.29 is 0 Å². The molecule has 1 aliphatic heterocycles. The monoisotopic (exact) mass is 331 g/mol. The molecule has 0 atom stereocenters. The molecule has 4 aromatic rings. The summed E-state index contributed by atoms with van der Waals surface area (Å²) in [4.78, 5) is 0. The molecule has 1 heteroatoms. The first-order valence-electron chi connectivity index (χ1n) is 9.29. The van der Waals surface area contributed by atoms with Crippen LogP contribution in [-0.4, -0.2) is 6.15 Å². The lowest BCUT2D eigenvalue weighted by Crippen LogP contribution is -2.72. The Kier molecular flexibility index (Phi) is 3.36. The molecule has 0 aromatic heterocycles. The summed E-state index contributed by atoms with van der Waals surface area (Å²) in [6.07, 6.45) is -1.16. The summed E-state index contributed by atoms with van der Waals surface area (Å²) in [6.45, 7) is 2.16. The third-order valence-electron chi connectivity index (χ3n) is 6.02. The standard InChI is InChI=1S/C25H20B/c1-19-15-17-21(18-16-19)26(20-9-3-2-4-10-20)24-13-7-5-11-22(24)23-12-6-8-14-25(23)26/h2-18H,1H3/q-1. The van der Waals surface area contributed by atoms with Crippen molar-refractivity contribution >= 4 is 28.0 Å². The van der Waals surface area contributed by atoms with E-state index in [4.69, 9.17) is 0 Å².